The van der Waals surface area contributed by atoms with Crippen LogP contribution in [0.3, 0.4) is 0 Å². The Balaban J connectivity index is 1.37. The fraction of sp³-hybridized carbons (Fsp3) is 0.462. The van der Waals surface area contributed by atoms with Crippen molar-refractivity contribution in [3.05, 3.63) is 54.4 Å². The lowest BCUT2D eigenvalue weighted by Crippen LogP contribution is -2.38. The molecule has 1 fully saturated rings. The number of aryl methyl sites for hydroxylation is 2. The van der Waals surface area contributed by atoms with Crippen LogP contribution >= 0.6 is 0 Å². The van der Waals surface area contributed by atoms with Gasteiger partial charge in [-0.2, -0.15) is 0 Å². The minimum atomic E-state index is -0.737. The molecule has 0 amide bonds. The van der Waals surface area contributed by atoms with E-state index in [2.05, 4.69) is 33.8 Å². The third kappa shape index (κ3) is 4.90. The van der Waals surface area contributed by atoms with Crippen LogP contribution in [0.1, 0.15) is 44.1 Å². The van der Waals surface area contributed by atoms with Gasteiger partial charge in [-0.15, -0.1) is 0 Å². The fourth-order valence-corrected chi connectivity index (χ4v) is 4.71. The van der Waals surface area contributed by atoms with Crippen molar-refractivity contribution in [2.24, 2.45) is 5.41 Å². The van der Waals surface area contributed by atoms with Crippen molar-refractivity contribution >= 4 is 22.7 Å². The van der Waals surface area contributed by atoms with Crippen LogP contribution < -0.4 is 9.64 Å². The van der Waals surface area contributed by atoms with E-state index in [-0.39, 0.29) is 6.61 Å². The number of hydrogen-bond acceptors (Lipinski definition) is 4. The molecule has 1 aliphatic carbocycles. The van der Waals surface area contributed by atoms with Crippen LogP contribution in [0.5, 0.6) is 5.75 Å². The molecule has 6 nitrogen and oxygen atoms in total. The highest BCUT2D eigenvalue weighted by Gasteiger charge is 2.40. The number of hydrogen-bond donors (Lipinski definition) is 1. The van der Waals surface area contributed by atoms with E-state index in [1.165, 1.54) is 10.9 Å². The zero-order chi connectivity index (χ0) is 22.6. The van der Waals surface area contributed by atoms with Crippen molar-refractivity contribution in [3.63, 3.8) is 0 Å². The summed E-state index contributed by atoms with van der Waals surface area (Å²) >= 11 is 0. The summed E-state index contributed by atoms with van der Waals surface area (Å²) < 4.78 is 8.17. The van der Waals surface area contributed by atoms with Gasteiger partial charge < -0.3 is 19.3 Å². The first-order chi connectivity index (χ1) is 15.5. The summed E-state index contributed by atoms with van der Waals surface area (Å²) in [6.07, 6.45) is 10.4. The van der Waals surface area contributed by atoms with Gasteiger partial charge in [0.2, 0.25) is 5.95 Å². The van der Waals surface area contributed by atoms with Crippen molar-refractivity contribution in [2.75, 3.05) is 25.6 Å². The summed E-state index contributed by atoms with van der Waals surface area (Å²) in [7, 11) is 4.02. The topological polar surface area (TPSA) is 67.6 Å². The van der Waals surface area contributed by atoms with Crippen molar-refractivity contribution in [1.82, 2.24) is 9.55 Å². The van der Waals surface area contributed by atoms with Gasteiger partial charge in [-0.1, -0.05) is 43.5 Å². The summed E-state index contributed by atoms with van der Waals surface area (Å²) in [4.78, 5) is 18.3. The second-order valence-electron chi connectivity index (χ2n) is 9.20. The zero-order valence-electron chi connectivity index (χ0n) is 19.1. The third-order valence-corrected chi connectivity index (χ3v) is 6.61. The Morgan fingerprint density at radius 3 is 2.62 bits per heavy atom. The maximum absolute atomic E-state index is 11.9. The van der Waals surface area contributed by atoms with Crippen LogP contribution in [-0.4, -0.2) is 41.3 Å². The van der Waals surface area contributed by atoms with Gasteiger partial charge in [0.25, 0.3) is 0 Å². The number of carboxylic acid groups (broad SMARTS) is 1. The summed E-state index contributed by atoms with van der Waals surface area (Å²) in [5, 5.41) is 12.0. The Labute approximate surface area is 189 Å². The molecule has 1 aliphatic rings. The number of aliphatic carboxylic acids is 1. The van der Waals surface area contributed by atoms with E-state index >= 15 is 0 Å². The van der Waals surface area contributed by atoms with Crippen LogP contribution in [0, 0.1) is 5.41 Å². The standard InChI is InChI=1S/C26H33N3O3/c1-28(2)25-27-14-16-29(25)15-6-7-20-8-9-22-18-23(11-10-21(22)17-20)32-19-26(24(30)31)12-4-3-5-13-26/h8-11,14,16-18H,3-7,12-13,15,19H2,1-2H3,(H,30,31). The molecular formula is C26H33N3O3. The van der Waals surface area contributed by atoms with Crippen LogP contribution in [0.4, 0.5) is 5.95 Å². The van der Waals surface area contributed by atoms with Gasteiger partial charge in [0, 0.05) is 33.0 Å². The normalized spacial score (nSPS) is 15.6. The number of imidazole rings is 1. The zero-order valence-corrected chi connectivity index (χ0v) is 19.1. The molecule has 6 heteroatoms. The van der Waals surface area contributed by atoms with Crippen molar-refractivity contribution < 1.29 is 14.6 Å². The van der Waals surface area contributed by atoms with Crippen LogP contribution in [-0.2, 0) is 17.8 Å². The van der Waals surface area contributed by atoms with Gasteiger partial charge in [-0.25, -0.2) is 4.98 Å². The first-order valence-corrected chi connectivity index (χ1v) is 11.5. The number of carbonyl (C=O) groups is 1. The minimum absolute atomic E-state index is 0.245. The molecular weight excluding hydrogens is 402 g/mol. The highest BCUT2D eigenvalue weighted by molar-refractivity contribution is 5.84. The van der Waals surface area contributed by atoms with Crippen molar-refractivity contribution in [2.45, 2.75) is 51.5 Å². The fourth-order valence-electron chi connectivity index (χ4n) is 4.71. The lowest BCUT2D eigenvalue weighted by Gasteiger charge is -2.32. The van der Waals surface area contributed by atoms with E-state index in [0.29, 0.717) is 12.8 Å². The average molecular weight is 436 g/mol. The maximum Gasteiger partial charge on any atom is 0.313 e. The van der Waals surface area contributed by atoms with Crippen LogP contribution in [0.2, 0.25) is 0 Å². The molecule has 0 saturated heterocycles. The SMILES string of the molecule is CN(C)c1nccn1CCCc1ccc2cc(OCC3(C(=O)O)CCCCC3)ccc2c1. The van der Waals surface area contributed by atoms with E-state index in [1.807, 2.05) is 43.5 Å². The van der Waals surface area contributed by atoms with E-state index in [9.17, 15) is 9.90 Å². The van der Waals surface area contributed by atoms with Crippen molar-refractivity contribution in [1.29, 1.82) is 0 Å². The van der Waals surface area contributed by atoms with Crippen LogP contribution in [0.15, 0.2) is 48.8 Å². The lowest BCUT2D eigenvalue weighted by molar-refractivity contribution is -0.153. The Bertz CT molecular complexity index is 1070. The smallest absolute Gasteiger partial charge is 0.313 e. The molecule has 0 bridgehead atoms. The minimum Gasteiger partial charge on any atom is -0.492 e. The van der Waals surface area contributed by atoms with Gasteiger partial charge >= 0.3 is 5.97 Å². The number of nitrogens with zero attached hydrogens (tertiary/aromatic N) is 3. The molecule has 0 radical (unpaired) electrons. The van der Waals surface area contributed by atoms with E-state index in [0.717, 1.165) is 55.7 Å². The molecule has 3 aromatic rings. The van der Waals surface area contributed by atoms with Crippen molar-refractivity contribution in [3.8, 4) is 5.75 Å². The third-order valence-electron chi connectivity index (χ3n) is 6.61. The number of carboxylic acids is 1. The summed E-state index contributed by atoms with van der Waals surface area (Å²) in [6, 6.07) is 12.6. The second kappa shape index (κ2) is 9.63. The first kappa shape index (κ1) is 22.2. The highest BCUT2D eigenvalue weighted by atomic mass is 16.5. The number of benzene rings is 2. The predicted octanol–water partition coefficient (Wildman–Crippen LogP) is 5.15. The molecule has 1 aromatic heterocycles. The summed E-state index contributed by atoms with van der Waals surface area (Å²) in [5.74, 6) is 0.998. The van der Waals surface area contributed by atoms with E-state index in [1.54, 1.807) is 0 Å². The predicted molar refractivity (Wildman–Crippen MR) is 127 cm³/mol. The molecule has 1 saturated carbocycles. The molecule has 4 rings (SSSR count). The van der Waals surface area contributed by atoms with Gasteiger partial charge in [-0.05, 0) is 54.2 Å². The number of rotatable bonds is 9. The Kier molecular flexibility index (Phi) is 6.68. The summed E-state index contributed by atoms with van der Waals surface area (Å²) in [5.41, 5.74) is 0.573. The van der Waals surface area contributed by atoms with Gasteiger partial charge in [0.1, 0.15) is 17.8 Å². The number of ether oxygens (including phenoxy) is 1. The Hall–Kier alpha value is -3.02. The van der Waals surface area contributed by atoms with E-state index in [4.69, 9.17) is 4.74 Å². The molecule has 0 aliphatic heterocycles. The molecule has 170 valence electrons. The van der Waals surface area contributed by atoms with Gasteiger partial charge in [0.05, 0.1) is 0 Å². The summed E-state index contributed by atoms with van der Waals surface area (Å²) in [6.45, 7) is 1.18. The largest absolute Gasteiger partial charge is 0.492 e. The Morgan fingerprint density at radius 2 is 1.88 bits per heavy atom. The maximum atomic E-state index is 11.9. The molecule has 0 unspecified atom stereocenters. The number of anilines is 1. The quantitative estimate of drug-likeness (QED) is 0.503. The number of fused-ring (bicyclic) bond motifs is 1. The molecule has 0 spiro atoms. The number of aromatic nitrogens is 2. The van der Waals surface area contributed by atoms with E-state index < -0.39 is 11.4 Å². The monoisotopic (exact) mass is 435 g/mol. The first-order valence-electron chi connectivity index (χ1n) is 11.5. The average Bonchev–Trinajstić information content (AvgIpc) is 3.27. The molecule has 32 heavy (non-hydrogen) atoms. The van der Waals surface area contributed by atoms with Gasteiger partial charge in [0.15, 0.2) is 0 Å². The molecule has 0 atom stereocenters. The Morgan fingerprint density at radius 1 is 1.12 bits per heavy atom. The second-order valence-corrected chi connectivity index (χ2v) is 9.20. The molecule has 1 heterocycles. The molecule has 2 aromatic carbocycles. The lowest BCUT2D eigenvalue weighted by atomic mass is 9.75. The van der Waals surface area contributed by atoms with Crippen LogP contribution in [0.25, 0.3) is 10.8 Å². The van der Waals surface area contributed by atoms with Gasteiger partial charge in [-0.3, -0.25) is 4.79 Å². The highest BCUT2D eigenvalue weighted by Crippen LogP contribution is 2.37. The molecule has 1 N–H and O–H groups in total.